The van der Waals surface area contributed by atoms with Crippen LogP contribution in [0.15, 0.2) is 0 Å². The van der Waals surface area contributed by atoms with Crippen molar-refractivity contribution in [1.82, 2.24) is 9.80 Å². The minimum atomic E-state index is -0.776. The number of hydrogen-bond acceptors (Lipinski definition) is 2. The molecule has 1 rings (SSSR count). The van der Waals surface area contributed by atoms with E-state index in [9.17, 15) is 14.7 Å². The topological polar surface area (TPSA) is 60.9 Å². The summed E-state index contributed by atoms with van der Waals surface area (Å²) < 4.78 is 0. The lowest BCUT2D eigenvalue weighted by Gasteiger charge is -2.42. The highest BCUT2D eigenvalue weighted by molar-refractivity contribution is 5.79. The van der Waals surface area contributed by atoms with Gasteiger partial charge in [-0.05, 0) is 39.0 Å². The van der Waals surface area contributed by atoms with E-state index < -0.39 is 11.4 Å². The molecule has 5 heteroatoms. The summed E-state index contributed by atoms with van der Waals surface area (Å²) in [6.45, 7) is 11.8. The zero-order valence-electron chi connectivity index (χ0n) is 14.1. The summed E-state index contributed by atoms with van der Waals surface area (Å²) in [6, 6.07) is 0.111. The number of carboxylic acid groups (broad SMARTS) is 1. The first-order valence-corrected chi connectivity index (χ1v) is 8.02. The number of carbonyl (C=O) groups is 2. The van der Waals surface area contributed by atoms with Crippen LogP contribution < -0.4 is 0 Å². The molecule has 0 spiro atoms. The van der Waals surface area contributed by atoms with Crippen LogP contribution in [-0.4, -0.2) is 52.6 Å². The van der Waals surface area contributed by atoms with Gasteiger partial charge in [0.15, 0.2) is 0 Å². The first-order valence-electron chi connectivity index (χ1n) is 8.02. The lowest BCUT2D eigenvalue weighted by molar-refractivity contribution is -0.152. The average molecular weight is 298 g/mol. The number of amides is 2. The predicted molar refractivity (Wildman–Crippen MR) is 83.2 cm³/mol. The molecule has 21 heavy (non-hydrogen) atoms. The lowest BCUT2D eigenvalue weighted by atomic mass is 9.78. The Morgan fingerprint density at radius 2 is 1.90 bits per heavy atom. The van der Waals surface area contributed by atoms with Gasteiger partial charge in [0.25, 0.3) is 0 Å². The van der Waals surface area contributed by atoms with E-state index >= 15 is 0 Å². The first-order chi connectivity index (χ1) is 9.73. The summed E-state index contributed by atoms with van der Waals surface area (Å²) in [6.07, 6.45) is 1.99. The number of urea groups is 1. The normalized spacial score (nSPS) is 22.7. The molecule has 1 N–H and O–H groups in total. The fraction of sp³-hybridized carbons (Fsp3) is 0.875. The predicted octanol–water partition coefficient (Wildman–Crippen LogP) is 3.05. The maximum atomic E-state index is 12.8. The number of piperidine rings is 1. The van der Waals surface area contributed by atoms with Crippen LogP contribution in [-0.2, 0) is 4.79 Å². The van der Waals surface area contributed by atoms with Crippen LogP contribution in [0.25, 0.3) is 0 Å². The molecule has 0 aromatic rings. The van der Waals surface area contributed by atoms with Crippen LogP contribution in [0.5, 0.6) is 0 Å². The molecule has 0 aliphatic carbocycles. The van der Waals surface area contributed by atoms with Crippen LogP contribution in [0.1, 0.15) is 53.9 Å². The standard InChI is InChI=1S/C16H30N2O3/c1-6-16(14(19)20)8-7-9-17(11-16)15(21)18(13(4)5)10-12(2)3/h12-13H,6-11H2,1-5H3,(H,19,20). The number of rotatable bonds is 5. The molecule has 1 aliphatic rings. The smallest absolute Gasteiger partial charge is 0.320 e. The molecular weight excluding hydrogens is 268 g/mol. The number of carbonyl (C=O) groups excluding carboxylic acids is 1. The van der Waals surface area contributed by atoms with Crippen LogP contribution >= 0.6 is 0 Å². The SMILES string of the molecule is CCC1(C(=O)O)CCCN(C(=O)N(CC(C)C)C(C)C)C1. The summed E-state index contributed by atoms with van der Waals surface area (Å²) >= 11 is 0. The average Bonchev–Trinajstić information content (AvgIpc) is 2.43. The second kappa shape index (κ2) is 7.14. The van der Waals surface area contributed by atoms with Gasteiger partial charge in [-0.25, -0.2) is 4.79 Å². The maximum Gasteiger partial charge on any atom is 0.320 e. The van der Waals surface area contributed by atoms with Gasteiger partial charge >= 0.3 is 12.0 Å². The van der Waals surface area contributed by atoms with Gasteiger partial charge in [-0.1, -0.05) is 20.8 Å². The van der Waals surface area contributed by atoms with Crippen molar-refractivity contribution in [1.29, 1.82) is 0 Å². The van der Waals surface area contributed by atoms with Gasteiger partial charge in [0.05, 0.1) is 5.41 Å². The lowest BCUT2D eigenvalue weighted by Crippen LogP contribution is -2.55. The molecule has 0 saturated carbocycles. The van der Waals surface area contributed by atoms with E-state index in [0.717, 1.165) is 6.42 Å². The molecule has 1 aliphatic heterocycles. The number of aliphatic carboxylic acids is 1. The Labute approximate surface area is 128 Å². The molecule has 1 heterocycles. The van der Waals surface area contributed by atoms with E-state index in [4.69, 9.17) is 0 Å². The Morgan fingerprint density at radius 1 is 1.29 bits per heavy atom. The third-order valence-electron chi connectivity index (χ3n) is 4.41. The van der Waals surface area contributed by atoms with Crippen molar-refractivity contribution in [2.45, 2.75) is 59.9 Å². The molecule has 0 radical (unpaired) electrons. The molecule has 1 atom stereocenters. The summed E-state index contributed by atoms with van der Waals surface area (Å²) in [4.78, 5) is 28.0. The maximum absolute atomic E-state index is 12.8. The Morgan fingerprint density at radius 3 is 2.33 bits per heavy atom. The van der Waals surface area contributed by atoms with E-state index in [1.165, 1.54) is 0 Å². The van der Waals surface area contributed by atoms with Gasteiger partial charge in [-0.3, -0.25) is 4.79 Å². The highest BCUT2D eigenvalue weighted by Crippen LogP contribution is 2.34. The van der Waals surface area contributed by atoms with E-state index in [0.29, 0.717) is 38.4 Å². The number of carboxylic acids is 1. The van der Waals surface area contributed by atoms with Crippen molar-refractivity contribution < 1.29 is 14.7 Å². The monoisotopic (exact) mass is 298 g/mol. The second-order valence-electron chi connectivity index (χ2n) is 6.89. The molecule has 0 aromatic carbocycles. The van der Waals surface area contributed by atoms with Crippen molar-refractivity contribution in [3.63, 3.8) is 0 Å². The van der Waals surface area contributed by atoms with Crippen molar-refractivity contribution >= 4 is 12.0 Å². The van der Waals surface area contributed by atoms with Gasteiger partial charge < -0.3 is 14.9 Å². The minimum Gasteiger partial charge on any atom is -0.481 e. The van der Waals surface area contributed by atoms with E-state index in [1.807, 2.05) is 25.7 Å². The van der Waals surface area contributed by atoms with Gasteiger partial charge in [0, 0.05) is 25.7 Å². The molecular formula is C16H30N2O3. The Bertz CT molecular complexity index is 382. The molecule has 122 valence electrons. The number of likely N-dealkylation sites (tertiary alicyclic amines) is 1. The number of hydrogen-bond donors (Lipinski definition) is 1. The zero-order valence-corrected chi connectivity index (χ0v) is 14.1. The number of nitrogens with zero attached hydrogens (tertiary/aromatic N) is 2. The van der Waals surface area contributed by atoms with Crippen LogP contribution in [0.3, 0.4) is 0 Å². The molecule has 1 unspecified atom stereocenters. The quantitative estimate of drug-likeness (QED) is 0.848. The summed E-state index contributed by atoms with van der Waals surface area (Å²) in [7, 11) is 0. The van der Waals surface area contributed by atoms with Crippen molar-refractivity contribution in [2.24, 2.45) is 11.3 Å². The summed E-state index contributed by atoms with van der Waals surface area (Å²) in [5.41, 5.74) is -0.769. The van der Waals surface area contributed by atoms with Gasteiger partial charge in [-0.2, -0.15) is 0 Å². The van der Waals surface area contributed by atoms with E-state index in [1.54, 1.807) is 4.90 Å². The Hall–Kier alpha value is -1.26. The molecule has 1 fully saturated rings. The van der Waals surface area contributed by atoms with Crippen LogP contribution in [0.4, 0.5) is 4.79 Å². The van der Waals surface area contributed by atoms with Crippen molar-refractivity contribution in [3.05, 3.63) is 0 Å². The highest BCUT2D eigenvalue weighted by Gasteiger charge is 2.43. The van der Waals surface area contributed by atoms with E-state index in [2.05, 4.69) is 13.8 Å². The summed E-state index contributed by atoms with van der Waals surface area (Å²) in [5, 5.41) is 9.53. The molecule has 0 aromatic heterocycles. The van der Waals surface area contributed by atoms with E-state index in [-0.39, 0.29) is 12.1 Å². The fourth-order valence-corrected chi connectivity index (χ4v) is 2.99. The van der Waals surface area contributed by atoms with Gasteiger partial charge in [-0.15, -0.1) is 0 Å². The zero-order chi connectivity index (χ0) is 16.2. The first kappa shape index (κ1) is 17.8. The van der Waals surface area contributed by atoms with Crippen molar-refractivity contribution in [3.8, 4) is 0 Å². The largest absolute Gasteiger partial charge is 0.481 e. The molecule has 2 amide bonds. The highest BCUT2D eigenvalue weighted by atomic mass is 16.4. The minimum absolute atomic E-state index is 0.0162. The third kappa shape index (κ3) is 4.11. The molecule has 0 bridgehead atoms. The van der Waals surface area contributed by atoms with Gasteiger partial charge in [0.1, 0.15) is 0 Å². The van der Waals surface area contributed by atoms with Crippen LogP contribution in [0, 0.1) is 11.3 Å². The third-order valence-corrected chi connectivity index (χ3v) is 4.41. The summed E-state index contributed by atoms with van der Waals surface area (Å²) in [5.74, 6) is -0.376. The molecule has 5 nitrogen and oxygen atoms in total. The molecule has 1 saturated heterocycles. The Kier molecular flexibility index (Phi) is 6.05. The van der Waals surface area contributed by atoms with Crippen LogP contribution in [0.2, 0.25) is 0 Å². The van der Waals surface area contributed by atoms with Crippen molar-refractivity contribution in [2.75, 3.05) is 19.6 Å². The second-order valence-corrected chi connectivity index (χ2v) is 6.89. The fourth-order valence-electron chi connectivity index (χ4n) is 2.99. The Balaban J connectivity index is 2.87. The van der Waals surface area contributed by atoms with Gasteiger partial charge in [0.2, 0.25) is 0 Å².